The van der Waals surface area contributed by atoms with Gasteiger partial charge in [0.05, 0.1) is 10.9 Å². The van der Waals surface area contributed by atoms with Gasteiger partial charge in [-0.3, -0.25) is 4.72 Å². The van der Waals surface area contributed by atoms with Crippen LogP contribution in [0.5, 0.6) is 0 Å². The van der Waals surface area contributed by atoms with Gasteiger partial charge in [0.2, 0.25) is 10.0 Å². The fraction of sp³-hybridized carbons (Fsp3) is 0.571. The lowest BCUT2D eigenvalue weighted by atomic mass is 9.81. The maximum atomic E-state index is 12.4. The van der Waals surface area contributed by atoms with Gasteiger partial charge >= 0.3 is 0 Å². The van der Waals surface area contributed by atoms with E-state index in [1.807, 2.05) is 12.1 Å². The second-order valence-corrected chi connectivity index (χ2v) is 7.90. The van der Waals surface area contributed by atoms with Crippen LogP contribution in [0.4, 0.5) is 5.69 Å². The molecule has 2 saturated carbocycles. The van der Waals surface area contributed by atoms with E-state index in [1.165, 1.54) is 17.5 Å². The van der Waals surface area contributed by atoms with Gasteiger partial charge in [-0.05, 0) is 49.7 Å². The van der Waals surface area contributed by atoms with Crippen molar-refractivity contribution in [2.24, 2.45) is 11.8 Å². The number of sulfonamides is 1. The molecule has 4 rings (SSSR count). The first-order valence-corrected chi connectivity index (χ1v) is 8.23. The fourth-order valence-electron chi connectivity index (χ4n) is 4.39. The Balaban J connectivity index is 1.94. The van der Waals surface area contributed by atoms with Crippen molar-refractivity contribution in [3.63, 3.8) is 0 Å². The quantitative estimate of drug-likeness (QED) is 0.782. The largest absolute Gasteiger partial charge is 0.283 e. The van der Waals surface area contributed by atoms with Gasteiger partial charge in [-0.1, -0.05) is 17.7 Å². The van der Waals surface area contributed by atoms with Gasteiger partial charge in [-0.25, -0.2) is 8.42 Å². The van der Waals surface area contributed by atoms with Crippen LogP contribution < -0.4 is 4.72 Å². The Kier molecular flexibility index (Phi) is 1.99. The minimum absolute atomic E-state index is 0.175. The molecule has 2 bridgehead atoms. The summed E-state index contributed by atoms with van der Waals surface area (Å²) >= 11 is 0. The van der Waals surface area contributed by atoms with E-state index in [1.54, 1.807) is 0 Å². The average Bonchev–Trinajstić information content (AvgIpc) is 2.90. The zero-order valence-electron chi connectivity index (χ0n) is 10.4. The van der Waals surface area contributed by atoms with Crippen molar-refractivity contribution < 1.29 is 8.42 Å². The number of hydrogen-bond acceptors (Lipinski definition) is 2. The molecule has 3 nitrogen and oxygen atoms in total. The molecule has 1 N–H and O–H groups in total. The molecule has 4 heteroatoms. The zero-order chi connectivity index (χ0) is 12.5. The van der Waals surface area contributed by atoms with Crippen LogP contribution in [0.2, 0.25) is 0 Å². The number of aryl methyl sites for hydroxylation is 1. The smallest absolute Gasteiger partial charge is 0.236 e. The summed E-state index contributed by atoms with van der Waals surface area (Å²) in [5.41, 5.74) is 3.27. The summed E-state index contributed by atoms with van der Waals surface area (Å²) in [5, 5.41) is -0.175. The first kappa shape index (κ1) is 10.9. The molecule has 4 atom stereocenters. The van der Waals surface area contributed by atoms with E-state index in [-0.39, 0.29) is 11.2 Å². The normalized spacial score (nSPS) is 38.9. The van der Waals surface area contributed by atoms with Crippen molar-refractivity contribution in [3.8, 4) is 0 Å². The summed E-state index contributed by atoms with van der Waals surface area (Å²) in [7, 11) is -3.17. The highest BCUT2D eigenvalue weighted by atomic mass is 32.2. The lowest BCUT2D eigenvalue weighted by Crippen LogP contribution is -2.41. The SMILES string of the molecule is Cc1ccc2c(c1)[C@H]1[C@H]3CC[C@@H](C3)[C@@H]1S(=O)(=O)N2. The lowest BCUT2D eigenvalue weighted by Gasteiger charge is -2.36. The predicted molar refractivity (Wildman–Crippen MR) is 71.1 cm³/mol. The highest BCUT2D eigenvalue weighted by molar-refractivity contribution is 7.93. The van der Waals surface area contributed by atoms with Crippen molar-refractivity contribution in [1.29, 1.82) is 0 Å². The van der Waals surface area contributed by atoms with E-state index < -0.39 is 10.0 Å². The van der Waals surface area contributed by atoms with Crippen LogP contribution in [0.1, 0.15) is 36.3 Å². The Morgan fingerprint density at radius 1 is 1.22 bits per heavy atom. The number of anilines is 1. The highest BCUT2D eigenvalue weighted by Gasteiger charge is 2.56. The summed E-state index contributed by atoms with van der Waals surface area (Å²) in [5.74, 6) is 1.20. The van der Waals surface area contributed by atoms with Crippen molar-refractivity contribution in [3.05, 3.63) is 29.3 Å². The minimum Gasteiger partial charge on any atom is -0.283 e. The van der Waals surface area contributed by atoms with Crippen LogP contribution in [-0.2, 0) is 10.0 Å². The Morgan fingerprint density at radius 2 is 2.00 bits per heavy atom. The molecular weight excluding hydrogens is 246 g/mol. The molecule has 2 aliphatic carbocycles. The van der Waals surface area contributed by atoms with E-state index in [0.29, 0.717) is 11.8 Å². The number of nitrogens with one attached hydrogen (secondary N) is 1. The minimum atomic E-state index is -3.17. The number of rotatable bonds is 0. The summed E-state index contributed by atoms with van der Waals surface area (Å²) in [6.07, 6.45) is 3.40. The Morgan fingerprint density at radius 3 is 2.83 bits per heavy atom. The van der Waals surface area contributed by atoms with Crippen molar-refractivity contribution in [2.75, 3.05) is 4.72 Å². The van der Waals surface area contributed by atoms with Crippen LogP contribution in [0, 0.1) is 18.8 Å². The second kappa shape index (κ2) is 3.29. The molecule has 2 fully saturated rings. The van der Waals surface area contributed by atoms with Crippen molar-refractivity contribution in [1.82, 2.24) is 0 Å². The van der Waals surface area contributed by atoms with Crippen LogP contribution >= 0.6 is 0 Å². The van der Waals surface area contributed by atoms with Crippen molar-refractivity contribution in [2.45, 2.75) is 37.4 Å². The molecule has 1 aliphatic heterocycles. The monoisotopic (exact) mass is 263 g/mol. The zero-order valence-corrected chi connectivity index (χ0v) is 11.2. The molecule has 1 heterocycles. The molecule has 96 valence electrons. The number of fused-ring (bicyclic) bond motifs is 7. The van der Waals surface area contributed by atoms with Gasteiger partial charge in [0.1, 0.15) is 0 Å². The van der Waals surface area contributed by atoms with Crippen LogP contribution in [0.25, 0.3) is 0 Å². The average molecular weight is 263 g/mol. The molecule has 18 heavy (non-hydrogen) atoms. The van der Waals surface area contributed by atoms with Gasteiger partial charge in [0, 0.05) is 5.92 Å². The van der Waals surface area contributed by atoms with E-state index in [0.717, 1.165) is 18.5 Å². The fourth-order valence-corrected chi connectivity index (χ4v) is 6.53. The first-order chi connectivity index (χ1) is 8.56. The lowest BCUT2D eigenvalue weighted by molar-refractivity contribution is 0.411. The first-order valence-electron chi connectivity index (χ1n) is 6.68. The third-order valence-corrected chi connectivity index (χ3v) is 6.92. The predicted octanol–water partition coefficient (Wildman–Crippen LogP) is 2.63. The summed E-state index contributed by atoms with van der Waals surface area (Å²) in [6.45, 7) is 2.07. The molecule has 0 amide bonds. The number of benzene rings is 1. The molecule has 0 unspecified atom stereocenters. The maximum Gasteiger partial charge on any atom is 0.236 e. The summed E-state index contributed by atoms with van der Waals surface area (Å²) in [4.78, 5) is 0. The Bertz CT molecular complexity index is 623. The van der Waals surface area contributed by atoms with Crippen LogP contribution in [0.15, 0.2) is 18.2 Å². The van der Waals surface area contributed by atoms with E-state index in [9.17, 15) is 8.42 Å². The maximum absolute atomic E-state index is 12.4. The van der Waals surface area contributed by atoms with Gasteiger partial charge in [0.15, 0.2) is 0 Å². The Hall–Kier alpha value is -1.03. The van der Waals surface area contributed by atoms with Gasteiger partial charge in [-0.15, -0.1) is 0 Å². The molecular formula is C14H17NO2S. The third kappa shape index (κ3) is 1.27. The van der Waals surface area contributed by atoms with Gasteiger partial charge < -0.3 is 0 Å². The standard InChI is InChI=1S/C14H17NO2S/c1-8-2-5-12-11(6-8)13-9-3-4-10(7-9)14(13)18(16,17)15-12/h2,5-6,9-10,13-15H,3-4,7H2,1H3/t9-,10-,13+,14-/m0/s1. The van der Waals surface area contributed by atoms with Crippen molar-refractivity contribution >= 4 is 15.7 Å². The Labute approximate surface area is 108 Å². The number of hydrogen-bond donors (Lipinski definition) is 1. The van der Waals surface area contributed by atoms with Crippen LogP contribution in [-0.4, -0.2) is 13.7 Å². The molecule has 0 spiro atoms. The highest BCUT2D eigenvalue weighted by Crippen LogP contribution is 2.58. The van der Waals surface area contributed by atoms with E-state index >= 15 is 0 Å². The van der Waals surface area contributed by atoms with E-state index in [4.69, 9.17) is 0 Å². The van der Waals surface area contributed by atoms with Gasteiger partial charge in [0.25, 0.3) is 0 Å². The molecule has 3 aliphatic rings. The second-order valence-electron chi connectivity index (χ2n) is 6.06. The van der Waals surface area contributed by atoms with E-state index in [2.05, 4.69) is 17.7 Å². The molecule has 0 aromatic heterocycles. The third-order valence-electron chi connectivity index (χ3n) is 5.02. The van der Waals surface area contributed by atoms with Gasteiger partial charge in [-0.2, -0.15) is 0 Å². The molecule has 1 aromatic carbocycles. The summed E-state index contributed by atoms with van der Waals surface area (Å²) in [6, 6.07) is 6.08. The molecule has 1 aromatic rings. The summed E-state index contributed by atoms with van der Waals surface area (Å²) < 4.78 is 27.6. The van der Waals surface area contributed by atoms with Crippen LogP contribution in [0.3, 0.4) is 0 Å². The molecule has 0 radical (unpaired) electrons. The topological polar surface area (TPSA) is 46.2 Å². The molecule has 0 saturated heterocycles.